The Balaban J connectivity index is 1.50. The van der Waals surface area contributed by atoms with Crippen LogP contribution in [0.3, 0.4) is 0 Å². The van der Waals surface area contributed by atoms with Gasteiger partial charge in [0.2, 0.25) is 5.91 Å². The van der Waals surface area contributed by atoms with E-state index in [1.165, 1.54) is 18.2 Å². The van der Waals surface area contributed by atoms with E-state index in [2.05, 4.69) is 28.4 Å². The molecule has 0 bridgehead atoms. The third kappa shape index (κ3) is 4.14. The van der Waals surface area contributed by atoms with Crippen LogP contribution in [-0.4, -0.2) is 17.4 Å². The van der Waals surface area contributed by atoms with Crippen LogP contribution in [0.4, 0.5) is 0 Å². The van der Waals surface area contributed by atoms with Crippen LogP contribution in [0.5, 0.6) is 0 Å². The van der Waals surface area contributed by atoms with Crippen molar-refractivity contribution in [2.45, 2.75) is 38.5 Å². The highest BCUT2D eigenvalue weighted by atomic mass is 16.1. The molecule has 2 atom stereocenters. The van der Waals surface area contributed by atoms with E-state index in [9.17, 15) is 4.79 Å². The van der Waals surface area contributed by atoms with Gasteiger partial charge in [-0.25, -0.2) is 0 Å². The Morgan fingerprint density at radius 2 is 2.17 bits per heavy atom. The molecule has 1 aliphatic carbocycles. The fraction of sp³-hybridized carbons (Fsp3) is 0.429. The first kappa shape index (κ1) is 16.5. The van der Waals surface area contributed by atoms with Gasteiger partial charge in [0.15, 0.2) is 0 Å². The lowest BCUT2D eigenvalue weighted by Gasteiger charge is -2.26. The van der Waals surface area contributed by atoms with Crippen molar-refractivity contribution in [2.75, 3.05) is 6.54 Å². The molecule has 1 fully saturated rings. The molecule has 1 aliphatic rings. The number of carbonyl (C=O) groups is 1. The second-order valence-corrected chi connectivity index (χ2v) is 6.72. The van der Waals surface area contributed by atoms with E-state index in [1.54, 1.807) is 0 Å². The number of aryl methyl sites for hydroxylation is 1. The summed E-state index contributed by atoms with van der Waals surface area (Å²) < 4.78 is 0. The van der Waals surface area contributed by atoms with Crippen molar-refractivity contribution in [3.63, 3.8) is 0 Å². The van der Waals surface area contributed by atoms with Crippen LogP contribution in [0.2, 0.25) is 0 Å². The molecule has 2 aromatic rings. The molecule has 0 aliphatic heterocycles. The first-order valence-corrected chi connectivity index (χ1v) is 8.80. The molecule has 0 spiro atoms. The highest BCUT2D eigenvalue weighted by molar-refractivity contribution is 5.85. The van der Waals surface area contributed by atoms with E-state index in [0.29, 0.717) is 18.3 Å². The zero-order valence-corrected chi connectivity index (χ0v) is 14.0. The number of rotatable bonds is 5. The van der Waals surface area contributed by atoms with Gasteiger partial charge in [0.05, 0.1) is 0 Å². The molecule has 1 amide bonds. The van der Waals surface area contributed by atoms with Gasteiger partial charge in [0.25, 0.3) is 0 Å². The molecule has 3 heteroatoms. The van der Waals surface area contributed by atoms with E-state index in [0.717, 1.165) is 36.8 Å². The Morgan fingerprint density at radius 3 is 3.04 bits per heavy atom. The van der Waals surface area contributed by atoms with Crippen LogP contribution in [0.25, 0.3) is 10.8 Å². The van der Waals surface area contributed by atoms with E-state index in [4.69, 9.17) is 6.42 Å². The van der Waals surface area contributed by atoms with Gasteiger partial charge in [0, 0.05) is 36.7 Å². The summed E-state index contributed by atoms with van der Waals surface area (Å²) >= 11 is 0. The second kappa shape index (κ2) is 7.97. The minimum atomic E-state index is 0.116. The number of terminal acetylenes is 1. The van der Waals surface area contributed by atoms with Gasteiger partial charge in [-0.3, -0.25) is 9.78 Å². The molecule has 0 saturated heterocycles. The zero-order valence-electron chi connectivity index (χ0n) is 14.0. The number of amides is 1. The maximum atomic E-state index is 12.2. The summed E-state index contributed by atoms with van der Waals surface area (Å²) in [4.78, 5) is 16.5. The van der Waals surface area contributed by atoms with Gasteiger partial charge < -0.3 is 5.32 Å². The molecule has 0 radical (unpaired) electrons. The average Bonchev–Trinajstić information content (AvgIpc) is 2.64. The van der Waals surface area contributed by atoms with Gasteiger partial charge in [-0.2, -0.15) is 0 Å². The summed E-state index contributed by atoms with van der Waals surface area (Å²) in [5, 5.41) is 5.40. The zero-order chi connectivity index (χ0) is 16.8. The summed E-state index contributed by atoms with van der Waals surface area (Å²) in [6.07, 6.45) is 15.0. The third-order valence-corrected chi connectivity index (χ3v) is 4.98. The highest BCUT2D eigenvalue weighted by Crippen LogP contribution is 2.28. The Bertz CT molecular complexity index is 742. The van der Waals surface area contributed by atoms with Gasteiger partial charge in [-0.15, -0.1) is 12.3 Å². The summed E-state index contributed by atoms with van der Waals surface area (Å²) in [7, 11) is 0. The minimum Gasteiger partial charge on any atom is -0.356 e. The number of hydrogen-bond donors (Lipinski definition) is 1. The van der Waals surface area contributed by atoms with Crippen molar-refractivity contribution < 1.29 is 4.79 Å². The topological polar surface area (TPSA) is 42.0 Å². The molecular formula is C21H24N2O. The Kier molecular flexibility index (Phi) is 5.48. The number of benzene rings is 1. The van der Waals surface area contributed by atoms with Crippen molar-refractivity contribution in [1.82, 2.24) is 10.3 Å². The molecule has 1 N–H and O–H groups in total. The van der Waals surface area contributed by atoms with Crippen LogP contribution in [0.15, 0.2) is 36.7 Å². The van der Waals surface area contributed by atoms with Gasteiger partial charge >= 0.3 is 0 Å². The first-order valence-electron chi connectivity index (χ1n) is 8.80. The number of pyridine rings is 1. The van der Waals surface area contributed by atoms with Crippen LogP contribution in [-0.2, 0) is 11.2 Å². The van der Waals surface area contributed by atoms with E-state index < -0.39 is 0 Å². The van der Waals surface area contributed by atoms with Gasteiger partial charge in [-0.05, 0) is 42.6 Å². The quantitative estimate of drug-likeness (QED) is 0.853. The Morgan fingerprint density at radius 1 is 1.29 bits per heavy atom. The van der Waals surface area contributed by atoms with Crippen LogP contribution in [0, 0.1) is 24.2 Å². The number of aromatic nitrogens is 1. The predicted molar refractivity (Wildman–Crippen MR) is 97.4 cm³/mol. The van der Waals surface area contributed by atoms with Crippen LogP contribution in [0.1, 0.15) is 37.7 Å². The van der Waals surface area contributed by atoms with Crippen LogP contribution >= 0.6 is 0 Å². The largest absolute Gasteiger partial charge is 0.356 e. The Labute approximate surface area is 143 Å². The number of fused-ring (bicyclic) bond motifs is 1. The van der Waals surface area contributed by atoms with E-state index in [-0.39, 0.29) is 5.91 Å². The lowest BCUT2D eigenvalue weighted by atomic mass is 9.82. The number of hydrogen-bond acceptors (Lipinski definition) is 2. The fourth-order valence-electron chi connectivity index (χ4n) is 3.60. The maximum Gasteiger partial charge on any atom is 0.220 e. The summed E-state index contributed by atoms with van der Waals surface area (Å²) in [5.41, 5.74) is 1.13. The molecule has 124 valence electrons. The number of nitrogens with one attached hydrogen (secondary N) is 1. The average molecular weight is 320 g/mol. The number of carbonyl (C=O) groups excluding carboxylic acids is 1. The molecule has 0 unspecified atom stereocenters. The van der Waals surface area contributed by atoms with Crippen molar-refractivity contribution in [2.24, 2.45) is 11.8 Å². The lowest BCUT2D eigenvalue weighted by Crippen LogP contribution is -2.31. The standard InChI is InChI=1S/C21H24N2O/c1-2-16-6-5-7-17(12-16)13-23-21(24)11-10-19-15-22-14-18-8-3-4-9-20(18)19/h1,3-4,8-9,14-17H,5-7,10-13H2,(H,23,24)/t16-,17+/m0/s1. The smallest absolute Gasteiger partial charge is 0.220 e. The summed E-state index contributed by atoms with van der Waals surface area (Å²) in [6.45, 7) is 0.755. The van der Waals surface area contributed by atoms with Gasteiger partial charge in [0.1, 0.15) is 0 Å². The molecule has 3 rings (SSSR count). The predicted octanol–water partition coefficient (Wildman–Crippen LogP) is 3.72. The van der Waals surface area contributed by atoms with Crippen molar-refractivity contribution in [3.05, 3.63) is 42.2 Å². The lowest BCUT2D eigenvalue weighted by molar-refractivity contribution is -0.121. The third-order valence-electron chi connectivity index (χ3n) is 4.98. The molecule has 1 aromatic heterocycles. The Hall–Kier alpha value is -2.34. The summed E-state index contributed by atoms with van der Waals surface area (Å²) in [5.74, 6) is 3.90. The summed E-state index contributed by atoms with van der Waals surface area (Å²) in [6, 6.07) is 8.17. The molecular weight excluding hydrogens is 296 g/mol. The van der Waals surface area contributed by atoms with Crippen molar-refractivity contribution in [1.29, 1.82) is 0 Å². The van der Waals surface area contributed by atoms with Crippen LogP contribution < -0.4 is 5.32 Å². The fourth-order valence-corrected chi connectivity index (χ4v) is 3.60. The molecule has 1 saturated carbocycles. The second-order valence-electron chi connectivity index (χ2n) is 6.72. The van der Waals surface area contributed by atoms with Crippen molar-refractivity contribution in [3.8, 4) is 12.3 Å². The monoisotopic (exact) mass is 320 g/mol. The molecule has 1 heterocycles. The van der Waals surface area contributed by atoms with Crippen molar-refractivity contribution >= 4 is 16.7 Å². The highest BCUT2D eigenvalue weighted by Gasteiger charge is 2.20. The van der Waals surface area contributed by atoms with Gasteiger partial charge in [-0.1, -0.05) is 30.7 Å². The van der Waals surface area contributed by atoms with E-state index >= 15 is 0 Å². The maximum absolute atomic E-state index is 12.2. The SMILES string of the molecule is C#C[C@H]1CCC[C@@H](CNC(=O)CCc2cncc3ccccc23)C1. The number of nitrogens with zero attached hydrogens (tertiary/aromatic N) is 1. The van der Waals surface area contributed by atoms with E-state index in [1.807, 2.05) is 24.5 Å². The first-order chi connectivity index (χ1) is 11.8. The molecule has 1 aromatic carbocycles. The molecule has 3 nitrogen and oxygen atoms in total. The molecule has 24 heavy (non-hydrogen) atoms. The normalized spacial score (nSPS) is 20.5. The minimum absolute atomic E-state index is 0.116.